The van der Waals surface area contributed by atoms with Crippen molar-refractivity contribution in [3.8, 4) is 11.5 Å². The van der Waals surface area contributed by atoms with Crippen LogP contribution in [0.1, 0.15) is 40.1 Å². The summed E-state index contributed by atoms with van der Waals surface area (Å²) in [4.78, 5) is 27.1. The summed E-state index contributed by atoms with van der Waals surface area (Å²) >= 11 is 5.92. The van der Waals surface area contributed by atoms with E-state index in [1.807, 2.05) is 26.0 Å². The lowest BCUT2D eigenvalue weighted by Crippen LogP contribution is -2.30. The van der Waals surface area contributed by atoms with Gasteiger partial charge < -0.3 is 19.7 Å². The van der Waals surface area contributed by atoms with Gasteiger partial charge in [-0.25, -0.2) is 0 Å². The summed E-state index contributed by atoms with van der Waals surface area (Å²) in [7, 11) is 1.52. The van der Waals surface area contributed by atoms with Crippen LogP contribution in [0.3, 0.4) is 0 Å². The van der Waals surface area contributed by atoms with Gasteiger partial charge in [0.1, 0.15) is 6.61 Å². The number of carbonyl (C=O) groups excluding carboxylic acids is 2. The molecule has 0 heterocycles. The molecule has 0 saturated carbocycles. The smallest absolute Gasteiger partial charge is 0.255 e. The molecule has 0 aliphatic heterocycles. The van der Waals surface area contributed by atoms with Crippen LogP contribution in [0.2, 0.25) is 5.02 Å². The van der Waals surface area contributed by atoms with Gasteiger partial charge in [0.15, 0.2) is 11.5 Å². The van der Waals surface area contributed by atoms with E-state index in [1.54, 1.807) is 59.5 Å². The van der Waals surface area contributed by atoms with Gasteiger partial charge in [0.25, 0.3) is 11.8 Å². The molecule has 6 nitrogen and oxygen atoms in total. The molecular formula is C26H27ClN2O4. The van der Waals surface area contributed by atoms with Gasteiger partial charge in [-0.15, -0.1) is 0 Å². The molecule has 0 aromatic heterocycles. The molecule has 1 N–H and O–H groups in total. The summed E-state index contributed by atoms with van der Waals surface area (Å²) in [6, 6.07) is 19.3. The van der Waals surface area contributed by atoms with Crippen molar-refractivity contribution in [2.24, 2.45) is 0 Å². The third-order valence-electron chi connectivity index (χ3n) is 5.15. The molecule has 7 heteroatoms. The fourth-order valence-corrected chi connectivity index (χ4v) is 3.42. The normalized spacial score (nSPS) is 10.4. The van der Waals surface area contributed by atoms with Crippen LogP contribution in [-0.4, -0.2) is 36.9 Å². The number of halogens is 1. The zero-order chi connectivity index (χ0) is 23.8. The highest BCUT2D eigenvalue weighted by atomic mass is 35.5. The molecule has 0 bridgehead atoms. The van der Waals surface area contributed by atoms with Gasteiger partial charge in [0.2, 0.25) is 0 Å². The van der Waals surface area contributed by atoms with E-state index in [0.717, 1.165) is 5.56 Å². The molecule has 0 atom stereocenters. The third-order valence-corrected chi connectivity index (χ3v) is 5.40. The number of hydrogen-bond donors (Lipinski definition) is 1. The zero-order valence-corrected chi connectivity index (χ0v) is 19.7. The van der Waals surface area contributed by atoms with Crippen molar-refractivity contribution in [2.75, 3.05) is 25.5 Å². The molecule has 172 valence electrons. The number of ether oxygens (including phenoxy) is 2. The van der Waals surface area contributed by atoms with Crippen LogP contribution in [0.25, 0.3) is 0 Å². The van der Waals surface area contributed by atoms with Crippen molar-refractivity contribution < 1.29 is 19.1 Å². The Morgan fingerprint density at radius 1 is 0.909 bits per heavy atom. The van der Waals surface area contributed by atoms with E-state index < -0.39 is 0 Å². The van der Waals surface area contributed by atoms with Crippen molar-refractivity contribution in [1.82, 2.24) is 4.90 Å². The monoisotopic (exact) mass is 466 g/mol. The van der Waals surface area contributed by atoms with Crippen molar-refractivity contribution in [1.29, 1.82) is 0 Å². The maximum Gasteiger partial charge on any atom is 0.255 e. The SMILES string of the molecule is CCN(CC)C(=O)c1cccc(NC(=O)c2ccc(OCc3ccc(Cl)cc3)c(OC)c2)c1. The highest BCUT2D eigenvalue weighted by Gasteiger charge is 2.15. The highest BCUT2D eigenvalue weighted by Crippen LogP contribution is 2.29. The predicted octanol–water partition coefficient (Wildman–Crippen LogP) is 5.66. The minimum Gasteiger partial charge on any atom is -0.493 e. The molecule has 0 saturated heterocycles. The molecule has 3 rings (SSSR count). The molecule has 0 unspecified atom stereocenters. The Kier molecular flexibility index (Phi) is 8.33. The topological polar surface area (TPSA) is 67.9 Å². The number of anilines is 1. The molecule has 0 fully saturated rings. The first-order chi connectivity index (χ1) is 15.9. The van der Waals surface area contributed by atoms with E-state index in [0.29, 0.717) is 53.0 Å². The molecule has 0 aliphatic rings. The number of hydrogen-bond acceptors (Lipinski definition) is 4. The minimum atomic E-state index is -0.315. The Bertz CT molecular complexity index is 1110. The van der Waals surface area contributed by atoms with Crippen LogP contribution in [0.5, 0.6) is 11.5 Å². The van der Waals surface area contributed by atoms with E-state index >= 15 is 0 Å². The fourth-order valence-electron chi connectivity index (χ4n) is 3.30. The predicted molar refractivity (Wildman–Crippen MR) is 130 cm³/mol. The van der Waals surface area contributed by atoms with E-state index in [1.165, 1.54) is 7.11 Å². The first kappa shape index (κ1) is 24.1. The summed E-state index contributed by atoms with van der Waals surface area (Å²) in [5.74, 6) is 0.586. The summed E-state index contributed by atoms with van der Waals surface area (Å²) in [5, 5.41) is 3.51. The van der Waals surface area contributed by atoms with E-state index in [9.17, 15) is 9.59 Å². The Labute approximate surface area is 199 Å². The lowest BCUT2D eigenvalue weighted by atomic mass is 10.1. The summed E-state index contributed by atoms with van der Waals surface area (Å²) in [6.07, 6.45) is 0. The first-order valence-electron chi connectivity index (χ1n) is 10.7. The third kappa shape index (κ3) is 6.26. The second kappa shape index (κ2) is 11.4. The number of methoxy groups -OCH3 is 1. The van der Waals surface area contributed by atoms with Gasteiger partial charge >= 0.3 is 0 Å². The molecular weight excluding hydrogens is 440 g/mol. The zero-order valence-electron chi connectivity index (χ0n) is 18.9. The van der Waals surface area contributed by atoms with E-state index in [2.05, 4.69) is 5.32 Å². The average Bonchev–Trinajstić information content (AvgIpc) is 2.84. The second-order valence-corrected chi connectivity index (χ2v) is 7.73. The molecule has 33 heavy (non-hydrogen) atoms. The van der Waals surface area contributed by atoms with Crippen LogP contribution < -0.4 is 14.8 Å². The maximum absolute atomic E-state index is 12.8. The van der Waals surface area contributed by atoms with Gasteiger partial charge in [-0.3, -0.25) is 9.59 Å². The van der Waals surface area contributed by atoms with Crippen LogP contribution in [0.4, 0.5) is 5.69 Å². The minimum absolute atomic E-state index is 0.0695. The lowest BCUT2D eigenvalue weighted by Gasteiger charge is -2.19. The van der Waals surface area contributed by atoms with E-state index in [-0.39, 0.29) is 11.8 Å². The van der Waals surface area contributed by atoms with Gasteiger partial charge in [-0.05, 0) is 67.9 Å². The summed E-state index contributed by atoms with van der Waals surface area (Å²) < 4.78 is 11.3. The lowest BCUT2D eigenvalue weighted by molar-refractivity contribution is 0.0772. The Hall–Kier alpha value is -3.51. The number of benzene rings is 3. The van der Waals surface area contributed by atoms with Gasteiger partial charge in [-0.1, -0.05) is 29.8 Å². The number of nitrogens with one attached hydrogen (secondary N) is 1. The molecule has 0 aliphatic carbocycles. The maximum atomic E-state index is 12.8. The van der Waals surface area contributed by atoms with Crippen LogP contribution in [0, 0.1) is 0 Å². The molecule has 0 spiro atoms. The van der Waals surface area contributed by atoms with Crippen molar-refractivity contribution in [3.05, 3.63) is 88.4 Å². The summed E-state index contributed by atoms with van der Waals surface area (Å²) in [5.41, 5.74) is 2.44. The number of rotatable bonds is 9. The van der Waals surface area contributed by atoms with Crippen LogP contribution >= 0.6 is 11.6 Å². The number of carbonyl (C=O) groups is 2. The molecule has 2 amide bonds. The van der Waals surface area contributed by atoms with Crippen molar-refractivity contribution in [3.63, 3.8) is 0 Å². The molecule has 0 radical (unpaired) electrons. The molecule has 3 aromatic carbocycles. The first-order valence-corrected chi connectivity index (χ1v) is 11.1. The highest BCUT2D eigenvalue weighted by molar-refractivity contribution is 6.30. The van der Waals surface area contributed by atoms with Crippen molar-refractivity contribution in [2.45, 2.75) is 20.5 Å². The quantitative estimate of drug-likeness (QED) is 0.441. The molecule has 3 aromatic rings. The standard InChI is InChI=1S/C26H27ClN2O4/c1-4-29(5-2)26(31)20-7-6-8-22(15-20)28-25(30)19-11-14-23(24(16-19)32-3)33-17-18-9-12-21(27)13-10-18/h6-16H,4-5,17H2,1-3H3,(H,28,30). The van der Waals surface area contributed by atoms with Crippen LogP contribution in [0.15, 0.2) is 66.7 Å². The Balaban J connectivity index is 1.70. The van der Waals surface area contributed by atoms with Gasteiger partial charge in [-0.2, -0.15) is 0 Å². The Morgan fingerprint density at radius 2 is 1.64 bits per heavy atom. The number of nitrogens with zero attached hydrogens (tertiary/aromatic N) is 1. The van der Waals surface area contributed by atoms with Crippen LogP contribution in [-0.2, 0) is 6.61 Å². The summed E-state index contributed by atoms with van der Waals surface area (Å²) in [6.45, 7) is 5.45. The largest absolute Gasteiger partial charge is 0.493 e. The number of amides is 2. The second-order valence-electron chi connectivity index (χ2n) is 7.29. The average molecular weight is 467 g/mol. The van der Waals surface area contributed by atoms with Gasteiger partial charge in [0.05, 0.1) is 7.11 Å². The van der Waals surface area contributed by atoms with E-state index in [4.69, 9.17) is 21.1 Å². The van der Waals surface area contributed by atoms with Gasteiger partial charge in [0, 0.05) is 34.9 Å². The Morgan fingerprint density at radius 3 is 2.30 bits per heavy atom. The van der Waals surface area contributed by atoms with Crippen molar-refractivity contribution >= 4 is 29.1 Å². The fraction of sp³-hybridized carbons (Fsp3) is 0.231.